The standard InChI is InChI=1S/C21H15I2N3O/c1-4-5-27-20-16(22)9-14(10-17(20)23)8-15(11-24)21-25-18-6-12(2)13(3)7-19(18)26-21/h1,6-10H,5H2,2-3H3,(H,25,26). The van der Waals surface area contributed by atoms with Crippen molar-refractivity contribution in [1.29, 1.82) is 5.26 Å². The molecule has 0 saturated heterocycles. The van der Waals surface area contributed by atoms with Gasteiger partial charge in [-0.05, 0) is 106 Å². The highest BCUT2D eigenvalue weighted by Gasteiger charge is 2.12. The Morgan fingerprint density at radius 2 is 1.89 bits per heavy atom. The average molecular weight is 579 g/mol. The summed E-state index contributed by atoms with van der Waals surface area (Å²) in [5, 5.41) is 9.66. The highest BCUT2D eigenvalue weighted by atomic mass is 127. The van der Waals surface area contributed by atoms with E-state index in [4.69, 9.17) is 11.2 Å². The molecule has 3 aromatic rings. The fourth-order valence-corrected chi connectivity index (χ4v) is 4.76. The molecule has 0 aliphatic heterocycles. The molecule has 4 nitrogen and oxygen atoms in total. The molecule has 0 aliphatic carbocycles. The van der Waals surface area contributed by atoms with Gasteiger partial charge in [-0.3, -0.25) is 0 Å². The van der Waals surface area contributed by atoms with Crippen molar-refractivity contribution in [2.75, 3.05) is 6.61 Å². The van der Waals surface area contributed by atoms with Crippen molar-refractivity contribution in [3.63, 3.8) is 0 Å². The first kappa shape index (κ1) is 19.7. The van der Waals surface area contributed by atoms with Crippen LogP contribution in [0.2, 0.25) is 0 Å². The summed E-state index contributed by atoms with van der Waals surface area (Å²) in [5.41, 5.74) is 5.53. The summed E-state index contributed by atoms with van der Waals surface area (Å²) in [4.78, 5) is 7.84. The zero-order valence-corrected chi connectivity index (χ0v) is 19.0. The predicted molar refractivity (Wildman–Crippen MR) is 125 cm³/mol. The van der Waals surface area contributed by atoms with Gasteiger partial charge in [0.05, 0.1) is 23.7 Å². The maximum Gasteiger partial charge on any atom is 0.149 e. The van der Waals surface area contributed by atoms with Gasteiger partial charge in [-0.1, -0.05) is 5.92 Å². The molecule has 0 unspecified atom stereocenters. The number of nitriles is 1. The Labute approximate surface area is 185 Å². The van der Waals surface area contributed by atoms with Crippen LogP contribution in [0.5, 0.6) is 5.75 Å². The minimum absolute atomic E-state index is 0.225. The molecule has 27 heavy (non-hydrogen) atoms. The van der Waals surface area contributed by atoms with Crippen LogP contribution in [-0.2, 0) is 0 Å². The van der Waals surface area contributed by atoms with Crippen LogP contribution in [0.1, 0.15) is 22.5 Å². The highest BCUT2D eigenvalue weighted by molar-refractivity contribution is 14.1. The Balaban J connectivity index is 2.02. The zero-order valence-electron chi connectivity index (χ0n) is 14.7. The van der Waals surface area contributed by atoms with Crippen molar-refractivity contribution in [1.82, 2.24) is 9.97 Å². The first-order valence-electron chi connectivity index (χ1n) is 8.07. The number of benzene rings is 2. The van der Waals surface area contributed by atoms with Gasteiger partial charge in [0.15, 0.2) is 0 Å². The molecule has 0 spiro atoms. The number of aromatic nitrogens is 2. The monoisotopic (exact) mass is 579 g/mol. The number of aryl methyl sites for hydroxylation is 2. The van der Waals surface area contributed by atoms with Crippen molar-refractivity contribution < 1.29 is 4.74 Å². The molecule has 0 saturated carbocycles. The normalized spacial score (nSPS) is 11.3. The van der Waals surface area contributed by atoms with Gasteiger partial charge in [0, 0.05) is 0 Å². The quantitative estimate of drug-likeness (QED) is 0.254. The molecule has 0 atom stereocenters. The van der Waals surface area contributed by atoms with E-state index >= 15 is 0 Å². The van der Waals surface area contributed by atoms with Crippen LogP contribution in [0.15, 0.2) is 24.3 Å². The van der Waals surface area contributed by atoms with Crippen molar-refractivity contribution in [2.45, 2.75) is 13.8 Å². The molecule has 2 aromatic carbocycles. The maximum atomic E-state index is 9.66. The minimum atomic E-state index is 0.225. The lowest BCUT2D eigenvalue weighted by molar-refractivity contribution is 0.365. The van der Waals surface area contributed by atoms with E-state index in [-0.39, 0.29) is 6.61 Å². The number of imidazole rings is 1. The molecule has 0 bridgehead atoms. The summed E-state index contributed by atoms with van der Waals surface area (Å²) < 4.78 is 7.47. The predicted octanol–water partition coefficient (Wildman–Crippen LogP) is 5.47. The van der Waals surface area contributed by atoms with Crippen LogP contribution in [0.3, 0.4) is 0 Å². The van der Waals surface area contributed by atoms with Gasteiger partial charge >= 0.3 is 0 Å². The first-order chi connectivity index (χ1) is 12.9. The smallest absolute Gasteiger partial charge is 0.149 e. The highest BCUT2D eigenvalue weighted by Crippen LogP contribution is 2.30. The van der Waals surface area contributed by atoms with Crippen molar-refractivity contribution in [2.24, 2.45) is 0 Å². The third-order valence-corrected chi connectivity index (χ3v) is 5.71. The Hall–Kier alpha value is -2.04. The van der Waals surface area contributed by atoms with Gasteiger partial charge in [-0.2, -0.15) is 5.26 Å². The molecule has 0 fully saturated rings. The van der Waals surface area contributed by atoms with Crippen LogP contribution in [0.4, 0.5) is 0 Å². The lowest BCUT2D eigenvalue weighted by Gasteiger charge is -2.09. The molecule has 0 amide bonds. The molecule has 1 heterocycles. The molecule has 6 heteroatoms. The molecular weight excluding hydrogens is 564 g/mol. The number of H-pyrrole nitrogens is 1. The van der Waals surface area contributed by atoms with Crippen molar-refractivity contribution in [3.05, 3.63) is 53.9 Å². The van der Waals surface area contributed by atoms with Gasteiger partial charge in [0.25, 0.3) is 0 Å². The third-order valence-electron chi connectivity index (χ3n) is 4.10. The third kappa shape index (κ3) is 4.28. The Kier molecular flexibility index (Phi) is 6.08. The minimum Gasteiger partial charge on any atom is -0.479 e. The second-order valence-electron chi connectivity index (χ2n) is 6.02. The van der Waals surface area contributed by atoms with Crippen LogP contribution >= 0.6 is 45.2 Å². The van der Waals surface area contributed by atoms with Gasteiger partial charge in [0.1, 0.15) is 24.3 Å². The molecule has 3 rings (SSSR count). The van der Waals surface area contributed by atoms with Crippen LogP contribution in [0, 0.1) is 44.7 Å². The number of ether oxygens (including phenoxy) is 1. The number of hydrogen-bond donors (Lipinski definition) is 1. The fourth-order valence-electron chi connectivity index (χ4n) is 2.63. The number of allylic oxidation sites excluding steroid dienone is 1. The number of nitrogens with one attached hydrogen (secondary N) is 1. The molecule has 0 aliphatic rings. The molecular formula is C21H15I2N3O. The SMILES string of the molecule is C#CCOc1c(I)cc(C=C(C#N)c2nc3cc(C)c(C)cc3[nH]2)cc1I. The van der Waals surface area contributed by atoms with Crippen molar-refractivity contribution >= 4 is 67.9 Å². The largest absolute Gasteiger partial charge is 0.479 e. The van der Waals surface area contributed by atoms with E-state index in [1.807, 2.05) is 24.3 Å². The number of terminal acetylenes is 1. The lowest BCUT2D eigenvalue weighted by Crippen LogP contribution is -1.98. The Morgan fingerprint density at radius 3 is 2.52 bits per heavy atom. The summed E-state index contributed by atoms with van der Waals surface area (Å²) in [6.07, 6.45) is 7.10. The second kappa shape index (κ2) is 8.32. The van der Waals surface area contributed by atoms with E-state index in [2.05, 4.69) is 87.1 Å². The summed E-state index contributed by atoms with van der Waals surface area (Å²) in [5.74, 6) is 3.80. The number of fused-ring (bicyclic) bond motifs is 1. The van der Waals surface area contributed by atoms with E-state index < -0.39 is 0 Å². The van der Waals surface area contributed by atoms with Crippen LogP contribution in [0.25, 0.3) is 22.7 Å². The van der Waals surface area contributed by atoms with Gasteiger partial charge in [-0.15, -0.1) is 6.42 Å². The fraction of sp³-hybridized carbons (Fsp3) is 0.143. The lowest BCUT2D eigenvalue weighted by atomic mass is 10.1. The van der Waals surface area contributed by atoms with E-state index in [0.717, 1.165) is 29.5 Å². The Morgan fingerprint density at radius 1 is 1.22 bits per heavy atom. The van der Waals surface area contributed by atoms with Crippen LogP contribution < -0.4 is 4.74 Å². The van der Waals surface area contributed by atoms with E-state index in [9.17, 15) is 5.26 Å². The van der Waals surface area contributed by atoms with Gasteiger partial charge in [0.2, 0.25) is 0 Å². The van der Waals surface area contributed by atoms with E-state index in [0.29, 0.717) is 11.4 Å². The van der Waals surface area contributed by atoms with E-state index in [1.165, 1.54) is 11.1 Å². The number of hydrogen-bond acceptors (Lipinski definition) is 3. The van der Waals surface area contributed by atoms with Crippen molar-refractivity contribution in [3.8, 4) is 24.2 Å². The summed E-state index contributed by atoms with van der Waals surface area (Å²) in [7, 11) is 0. The Bertz CT molecular complexity index is 1080. The number of nitrogens with zero attached hydrogens (tertiary/aromatic N) is 2. The first-order valence-corrected chi connectivity index (χ1v) is 10.2. The van der Waals surface area contributed by atoms with Gasteiger partial charge < -0.3 is 9.72 Å². The second-order valence-corrected chi connectivity index (χ2v) is 8.34. The summed E-state index contributed by atoms with van der Waals surface area (Å²) in [6.45, 7) is 4.34. The van der Waals surface area contributed by atoms with E-state index in [1.54, 1.807) is 0 Å². The number of aromatic amines is 1. The van der Waals surface area contributed by atoms with Crippen LogP contribution in [-0.4, -0.2) is 16.6 Å². The topological polar surface area (TPSA) is 61.7 Å². The number of halogens is 2. The number of rotatable bonds is 4. The summed E-state index contributed by atoms with van der Waals surface area (Å²) >= 11 is 4.42. The maximum absolute atomic E-state index is 9.66. The molecule has 1 aromatic heterocycles. The molecule has 1 N–H and O–H groups in total. The summed E-state index contributed by atoms with van der Waals surface area (Å²) in [6, 6.07) is 10.3. The zero-order chi connectivity index (χ0) is 19.6. The average Bonchev–Trinajstić information content (AvgIpc) is 3.02. The molecule has 134 valence electrons. The molecule has 0 radical (unpaired) electrons. The van der Waals surface area contributed by atoms with Gasteiger partial charge in [-0.25, -0.2) is 4.98 Å².